The van der Waals surface area contributed by atoms with Gasteiger partial charge < -0.3 is 10.2 Å². The van der Waals surface area contributed by atoms with E-state index in [2.05, 4.69) is 0 Å². The topological polar surface area (TPSA) is 40.5 Å². The molecule has 0 aliphatic carbocycles. The van der Waals surface area contributed by atoms with Crippen molar-refractivity contribution in [3.63, 3.8) is 0 Å². The summed E-state index contributed by atoms with van der Waals surface area (Å²) in [6.45, 7) is -7.51. The summed E-state index contributed by atoms with van der Waals surface area (Å²) in [7, 11) is 0. The predicted molar refractivity (Wildman–Crippen MR) is 28.0 cm³/mol. The van der Waals surface area contributed by atoms with Gasteiger partial charge in [0.2, 0.25) is 0 Å². The molecule has 0 aromatic carbocycles. The SMILES string of the molecule is [2H]C([2H])(O)C([2H])([2H])C([2H])([2H])C([2H])([2H])C([2H])([2H])O. The van der Waals surface area contributed by atoms with Crippen LogP contribution in [-0.2, 0) is 0 Å². The van der Waals surface area contributed by atoms with Crippen LogP contribution in [0.4, 0.5) is 0 Å². The van der Waals surface area contributed by atoms with E-state index in [-0.39, 0.29) is 0 Å². The zero-order valence-electron chi connectivity index (χ0n) is 13.4. The lowest BCUT2D eigenvalue weighted by Gasteiger charge is -1.90. The standard InChI is InChI=1S/C5H12O2/c6-4-2-1-3-5-7/h6-7H,1-5H2/i1D2,2D2,3D2,4D2,5D2. The van der Waals surface area contributed by atoms with E-state index in [1.165, 1.54) is 0 Å². The maximum atomic E-state index is 8.86. The maximum absolute atomic E-state index is 8.86. The molecule has 7 heavy (non-hydrogen) atoms. The fourth-order valence-electron chi connectivity index (χ4n) is 0.0872. The molecular formula is C5H12O2. The Balaban J connectivity index is 5.73. The Labute approximate surface area is 57.8 Å². The first-order valence-corrected chi connectivity index (χ1v) is 1.45. The lowest BCUT2D eigenvalue weighted by atomic mass is 10.2. The minimum Gasteiger partial charge on any atom is -0.396 e. The first kappa shape index (κ1) is 0.957. The second-order valence-corrected chi connectivity index (χ2v) is 0.599. The van der Waals surface area contributed by atoms with Gasteiger partial charge in [0.05, 0.1) is 5.48 Å². The molecule has 44 valence electrons. The van der Waals surface area contributed by atoms with Crippen LogP contribution in [-0.4, -0.2) is 23.3 Å². The predicted octanol–water partition coefficient (Wildman–Crippen LogP) is 0.141. The zero-order valence-corrected chi connectivity index (χ0v) is 3.39. The van der Waals surface area contributed by atoms with Gasteiger partial charge in [0.15, 0.2) is 0 Å². The third-order valence-corrected chi connectivity index (χ3v) is 0.237. The fourth-order valence-corrected chi connectivity index (χ4v) is 0.0872. The van der Waals surface area contributed by atoms with Crippen molar-refractivity contribution in [1.29, 1.82) is 0 Å². The van der Waals surface area contributed by atoms with Crippen molar-refractivity contribution in [3.05, 3.63) is 0 Å². The van der Waals surface area contributed by atoms with Gasteiger partial charge in [0.25, 0.3) is 0 Å². The third kappa shape index (κ3) is 5.92. The van der Waals surface area contributed by atoms with Crippen LogP contribution in [0.3, 0.4) is 0 Å². The van der Waals surface area contributed by atoms with E-state index in [0.717, 1.165) is 0 Å². The monoisotopic (exact) mass is 114 g/mol. The molecule has 0 spiro atoms. The molecule has 0 aliphatic rings. The molecule has 0 aromatic rings. The normalized spacial score (nSPS) is 40.9. The van der Waals surface area contributed by atoms with E-state index >= 15 is 0 Å². The lowest BCUT2D eigenvalue weighted by Crippen LogP contribution is -1.85. The van der Waals surface area contributed by atoms with E-state index in [1.807, 2.05) is 0 Å². The Morgan fingerprint density at radius 3 is 1.71 bits per heavy atom. The molecule has 0 aromatic heterocycles. The van der Waals surface area contributed by atoms with Gasteiger partial charge in [-0.15, -0.1) is 0 Å². The van der Waals surface area contributed by atoms with Gasteiger partial charge in [-0.2, -0.15) is 0 Å². The van der Waals surface area contributed by atoms with Gasteiger partial charge in [-0.1, -0.05) is 0 Å². The first-order chi connectivity index (χ1) is 7.00. The molecule has 0 aliphatic heterocycles. The summed E-state index contributed by atoms with van der Waals surface area (Å²) in [4.78, 5) is 0. The van der Waals surface area contributed by atoms with Gasteiger partial charge in [-0.25, -0.2) is 0 Å². The minimum atomic E-state index is -3.82. The third-order valence-electron chi connectivity index (χ3n) is 0.237. The molecule has 0 bridgehead atoms. The van der Waals surface area contributed by atoms with Crippen LogP contribution in [0.25, 0.3) is 0 Å². The number of rotatable bonds is 4. The van der Waals surface area contributed by atoms with E-state index in [0.29, 0.717) is 0 Å². The van der Waals surface area contributed by atoms with Crippen molar-refractivity contribution in [2.24, 2.45) is 0 Å². The highest BCUT2D eigenvalue weighted by molar-refractivity contribution is 4.35. The maximum Gasteiger partial charge on any atom is 0.0564 e. The summed E-state index contributed by atoms with van der Waals surface area (Å²) < 4.78 is 69.4. The molecule has 0 rings (SSSR count). The minimum absolute atomic E-state index is 3.75. The highest BCUT2D eigenvalue weighted by Gasteiger charge is 1.81. The summed E-state index contributed by atoms with van der Waals surface area (Å²) in [5, 5.41) is 17.7. The van der Waals surface area contributed by atoms with E-state index in [1.54, 1.807) is 0 Å². The Hall–Kier alpha value is -0.0800. The quantitative estimate of drug-likeness (QED) is 0.546. The molecule has 2 nitrogen and oxygen atoms in total. The van der Waals surface area contributed by atoms with Crippen LogP contribution >= 0.6 is 0 Å². The average Bonchev–Trinajstić information content (AvgIpc) is 1.98. The Bertz CT molecular complexity index is 258. The molecule has 0 fully saturated rings. The van der Waals surface area contributed by atoms with Crippen LogP contribution in [0.2, 0.25) is 0 Å². The van der Waals surface area contributed by atoms with Crippen molar-refractivity contribution in [3.8, 4) is 0 Å². The summed E-state index contributed by atoms with van der Waals surface area (Å²) in [6.07, 6.45) is -11.4. The van der Waals surface area contributed by atoms with Gasteiger partial charge in [-0.3, -0.25) is 0 Å². The number of hydrogen-bond donors (Lipinski definition) is 2. The van der Waals surface area contributed by atoms with Gasteiger partial charge in [0, 0.05) is 21.3 Å². The molecule has 0 heterocycles. The molecule has 0 amide bonds. The Kier molecular flexibility index (Phi) is 0.809. The zero-order chi connectivity index (χ0) is 14.5. The van der Waals surface area contributed by atoms with Crippen LogP contribution in [0, 0.1) is 0 Å². The van der Waals surface area contributed by atoms with Crippen molar-refractivity contribution >= 4 is 0 Å². The molecule has 0 atom stereocenters. The van der Waals surface area contributed by atoms with Crippen molar-refractivity contribution in [1.82, 2.24) is 0 Å². The van der Waals surface area contributed by atoms with Crippen LogP contribution in [0.15, 0.2) is 0 Å². The molecule has 0 saturated carbocycles. The molecule has 0 saturated heterocycles. The largest absolute Gasteiger partial charge is 0.396 e. The summed E-state index contributed by atoms with van der Waals surface area (Å²) >= 11 is 0. The van der Waals surface area contributed by atoms with Crippen LogP contribution in [0.5, 0.6) is 0 Å². The highest BCUT2D eigenvalue weighted by Crippen LogP contribution is 1.90. The number of aliphatic hydroxyl groups is 2. The van der Waals surface area contributed by atoms with Crippen LogP contribution in [0.1, 0.15) is 32.8 Å². The smallest absolute Gasteiger partial charge is 0.0564 e. The molecular weight excluding hydrogens is 92.1 g/mol. The van der Waals surface area contributed by atoms with E-state index < -0.39 is 32.2 Å². The Morgan fingerprint density at radius 2 is 1.43 bits per heavy atom. The second kappa shape index (κ2) is 5.92. The fraction of sp³-hybridized carbons (Fsp3) is 1.00. The molecule has 0 unspecified atom stereocenters. The summed E-state index contributed by atoms with van der Waals surface area (Å²) in [5.41, 5.74) is 0. The average molecular weight is 114 g/mol. The van der Waals surface area contributed by atoms with E-state index in [4.69, 9.17) is 23.9 Å². The van der Waals surface area contributed by atoms with Crippen LogP contribution < -0.4 is 0 Å². The Morgan fingerprint density at radius 1 is 1.00 bits per heavy atom. The lowest BCUT2D eigenvalue weighted by molar-refractivity contribution is 0.257. The van der Waals surface area contributed by atoms with Gasteiger partial charge in [0.1, 0.15) is 0 Å². The van der Waals surface area contributed by atoms with Crippen molar-refractivity contribution < 1.29 is 23.9 Å². The molecule has 2 heteroatoms. The highest BCUT2D eigenvalue weighted by atomic mass is 16.3. The second-order valence-electron chi connectivity index (χ2n) is 0.599. The molecule has 2 N–H and O–H groups in total. The van der Waals surface area contributed by atoms with Gasteiger partial charge >= 0.3 is 0 Å². The van der Waals surface area contributed by atoms with E-state index in [9.17, 15) is 0 Å². The summed E-state index contributed by atoms with van der Waals surface area (Å²) in [5.74, 6) is 0. The molecule has 0 radical (unpaired) electrons. The van der Waals surface area contributed by atoms with Gasteiger partial charge in [-0.05, 0) is 19.1 Å². The van der Waals surface area contributed by atoms with Crippen molar-refractivity contribution in [2.75, 3.05) is 13.1 Å². The summed E-state index contributed by atoms with van der Waals surface area (Å²) in [6, 6.07) is 0. The first-order valence-electron chi connectivity index (χ1n) is 6.45. The number of hydrogen-bond acceptors (Lipinski definition) is 2. The van der Waals surface area contributed by atoms with Crippen molar-refractivity contribution in [2.45, 2.75) is 19.1 Å².